The molecule has 0 spiro atoms. The van der Waals surface area contributed by atoms with E-state index in [1.807, 2.05) is 67.3 Å². The molecule has 3 amide bonds. The summed E-state index contributed by atoms with van der Waals surface area (Å²) in [5.74, 6) is 0.464. The third-order valence-corrected chi connectivity index (χ3v) is 7.81. The second-order valence-corrected chi connectivity index (χ2v) is 12.0. The Hall–Kier alpha value is -3.76. The van der Waals surface area contributed by atoms with E-state index in [2.05, 4.69) is 29.5 Å². The second kappa shape index (κ2) is 15.6. The van der Waals surface area contributed by atoms with Gasteiger partial charge in [0.05, 0.1) is 25.1 Å². The summed E-state index contributed by atoms with van der Waals surface area (Å²) in [7, 11) is 0. The minimum atomic E-state index is -1.19. The van der Waals surface area contributed by atoms with Crippen LogP contribution in [0.3, 0.4) is 0 Å². The summed E-state index contributed by atoms with van der Waals surface area (Å²) >= 11 is 0. The Morgan fingerprint density at radius 2 is 1.81 bits per heavy atom. The summed E-state index contributed by atoms with van der Waals surface area (Å²) in [6.45, 7) is 13.0. The number of nitrogens with one attached hydrogen (secondary N) is 2. The van der Waals surface area contributed by atoms with Crippen molar-refractivity contribution in [2.45, 2.75) is 72.0 Å². The average molecular weight is 593 g/mol. The Morgan fingerprint density at radius 1 is 1.14 bits per heavy atom. The van der Waals surface area contributed by atoms with Crippen LogP contribution in [0.4, 0.5) is 5.82 Å². The van der Waals surface area contributed by atoms with Gasteiger partial charge in [-0.2, -0.15) is 0 Å². The van der Waals surface area contributed by atoms with Gasteiger partial charge in [0, 0.05) is 19.3 Å². The highest BCUT2D eigenvalue weighted by atomic mass is 16.5. The molecule has 1 aliphatic heterocycles. The zero-order valence-electron chi connectivity index (χ0n) is 26.4. The van der Waals surface area contributed by atoms with Crippen LogP contribution in [0.1, 0.15) is 66.0 Å². The predicted molar refractivity (Wildman–Crippen MR) is 169 cm³/mol. The van der Waals surface area contributed by atoms with Gasteiger partial charge in [-0.05, 0) is 63.5 Å². The van der Waals surface area contributed by atoms with Crippen molar-refractivity contribution >= 4 is 23.5 Å². The number of rotatable bonds is 13. The van der Waals surface area contributed by atoms with E-state index >= 15 is 0 Å². The molecule has 0 saturated carbocycles. The molecule has 43 heavy (non-hydrogen) atoms. The van der Waals surface area contributed by atoms with Gasteiger partial charge in [0.2, 0.25) is 11.8 Å². The van der Waals surface area contributed by atoms with Crippen molar-refractivity contribution < 1.29 is 19.1 Å². The maximum absolute atomic E-state index is 13.9. The van der Waals surface area contributed by atoms with E-state index < -0.39 is 29.4 Å². The van der Waals surface area contributed by atoms with E-state index in [1.165, 1.54) is 0 Å². The van der Waals surface area contributed by atoms with Gasteiger partial charge in [-0.15, -0.1) is 0 Å². The number of aromatic nitrogens is 2. The van der Waals surface area contributed by atoms with E-state index in [-0.39, 0.29) is 24.9 Å². The van der Waals surface area contributed by atoms with Crippen LogP contribution in [0.15, 0.2) is 66.7 Å². The number of piperidine rings is 1. The highest BCUT2D eigenvalue weighted by Gasteiger charge is 2.32. The lowest BCUT2D eigenvalue weighted by Gasteiger charge is -2.36. The minimum absolute atomic E-state index is 0.00619. The number of benzene rings is 1. The number of carbonyl (C=O) groups excluding carboxylic acids is 3. The van der Waals surface area contributed by atoms with E-state index in [4.69, 9.17) is 10.5 Å². The largest absolute Gasteiger partial charge is 0.374 e. The van der Waals surface area contributed by atoms with Crippen molar-refractivity contribution in [3.05, 3.63) is 72.2 Å². The quantitative estimate of drug-likeness (QED) is 0.301. The Kier molecular flexibility index (Phi) is 12.3. The molecular formula is C33H48N6O4. The predicted octanol–water partition coefficient (Wildman–Crippen LogP) is 4.07. The third-order valence-electron chi connectivity index (χ3n) is 7.81. The van der Waals surface area contributed by atoms with Crippen molar-refractivity contribution in [1.29, 1.82) is 0 Å². The van der Waals surface area contributed by atoms with Crippen LogP contribution in [0.5, 0.6) is 0 Å². The minimum Gasteiger partial charge on any atom is -0.374 e. The molecule has 2 aromatic rings. The molecular weight excluding hydrogens is 544 g/mol. The first-order chi connectivity index (χ1) is 20.4. The Balaban J connectivity index is 1.78. The molecule has 0 radical (unpaired) electrons. The van der Waals surface area contributed by atoms with E-state index in [9.17, 15) is 14.4 Å². The zero-order chi connectivity index (χ0) is 31.6. The first kappa shape index (κ1) is 33.7. The zero-order valence-corrected chi connectivity index (χ0v) is 26.4. The molecule has 1 aromatic heterocycles. The lowest BCUT2D eigenvalue weighted by Crippen LogP contribution is -2.56. The van der Waals surface area contributed by atoms with Gasteiger partial charge in [-0.25, -0.2) is 4.98 Å². The molecule has 1 aromatic carbocycles. The number of hydrogen-bond donors (Lipinski definition) is 3. The van der Waals surface area contributed by atoms with E-state index in [0.717, 1.165) is 24.0 Å². The molecule has 0 bridgehead atoms. The van der Waals surface area contributed by atoms with Gasteiger partial charge < -0.3 is 30.6 Å². The van der Waals surface area contributed by atoms with Gasteiger partial charge >= 0.3 is 0 Å². The Bertz CT molecular complexity index is 1270. The number of carbonyl (C=O) groups is 3. The molecule has 1 fully saturated rings. The number of anilines is 1. The summed E-state index contributed by atoms with van der Waals surface area (Å²) in [5, 5.41) is 5.47. The number of hydrogen-bond acceptors (Lipinski definition) is 6. The molecule has 1 aliphatic rings. The topological polar surface area (TPSA) is 132 Å². The fraction of sp³-hybridized carbons (Fsp3) is 0.515. The maximum atomic E-state index is 13.9. The van der Waals surface area contributed by atoms with Gasteiger partial charge in [-0.1, -0.05) is 62.4 Å². The number of allylic oxidation sites excluding steroid dienone is 2. The van der Waals surface area contributed by atoms with Crippen LogP contribution < -0.4 is 16.4 Å². The molecule has 10 nitrogen and oxygen atoms in total. The lowest BCUT2D eigenvalue weighted by molar-refractivity contribution is -0.135. The number of likely N-dealkylation sites (tertiary alicyclic amines) is 1. The van der Waals surface area contributed by atoms with Crippen molar-refractivity contribution in [2.75, 3.05) is 31.6 Å². The molecule has 2 atom stereocenters. The van der Waals surface area contributed by atoms with Crippen LogP contribution >= 0.6 is 0 Å². The monoisotopic (exact) mass is 592 g/mol. The summed E-state index contributed by atoms with van der Waals surface area (Å²) in [6, 6.07) is 7.92. The standard InChI is InChI=1S/C33H48N6O4/c1-7-12-24(8-2)20-43-21-27(36-32(42)33(5,6)34)30(40)37-28-19-39(22-35-28)29(26-13-10-9-11-14-26)31(41)38-17-15-25(16-18-38)23(3)4/h7-14,19,22-23,25,27,29H,15-18,20-21,34H2,1-6H3,(H,36,42)(H,37,40)/b12-7-,24-8+. The fourth-order valence-corrected chi connectivity index (χ4v) is 5.06. The summed E-state index contributed by atoms with van der Waals surface area (Å²) < 4.78 is 7.51. The molecule has 2 heterocycles. The molecule has 1 saturated heterocycles. The van der Waals surface area contributed by atoms with Crippen molar-refractivity contribution in [3.63, 3.8) is 0 Å². The number of imidazole rings is 1. The van der Waals surface area contributed by atoms with Gasteiger partial charge in [0.25, 0.3) is 5.91 Å². The fourth-order valence-electron chi connectivity index (χ4n) is 5.06. The van der Waals surface area contributed by atoms with Crippen LogP contribution in [0, 0.1) is 11.8 Å². The average Bonchev–Trinajstić information content (AvgIpc) is 3.43. The van der Waals surface area contributed by atoms with Crippen LogP contribution in [-0.4, -0.2) is 70.1 Å². The molecule has 234 valence electrons. The van der Waals surface area contributed by atoms with E-state index in [0.29, 0.717) is 24.9 Å². The first-order valence-corrected chi connectivity index (χ1v) is 15.1. The maximum Gasteiger partial charge on any atom is 0.250 e. The number of ether oxygens (including phenoxy) is 1. The molecule has 2 unspecified atom stereocenters. The second-order valence-electron chi connectivity index (χ2n) is 12.0. The van der Waals surface area contributed by atoms with Gasteiger partial charge in [-0.3, -0.25) is 14.4 Å². The molecule has 3 rings (SSSR count). The Labute approximate surface area is 255 Å². The summed E-state index contributed by atoms with van der Waals surface area (Å²) in [5.41, 5.74) is 6.55. The summed E-state index contributed by atoms with van der Waals surface area (Å²) in [4.78, 5) is 46.2. The molecule has 4 N–H and O–H groups in total. The smallest absolute Gasteiger partial charge is 0.250 e. The summed E-state index contributed by atoms with van der Waals surface area (Å²) in [6.07, 6.45) is 10.9. The highest BCUT2D eigenvalue weighted by Crippen LogP contribution is 2.28. The number of amides is 3. The van der Waals surface area contributed by atoms with Crippen LogP contribution in [-0.2, 0) is 19.1 Å². The number of nitrogens with zero attached hydrogens (tertiary/aromatic N) is 3. The highest BCUT2D eigenvalue weighted by molar-refractivity contribution is 5.98. The van der Waals surface area contributed by atoms with Crippen molar-refractivity contribution in [2.24, 2.45) is 17.6 Å². The lowest BCUT2D eigenvalue weighted by atomic mass is 9.86. The molecule has 10 heteroatoms. The van der Waals surface area contributed by atoms with Crippen molar-refractivity contribution in [3.8, 4) is 0 Å². The normalized spacial score (nSPS) is 16.4. The van der Waals surface area contributed by atoms with Crippen LogP contribution in [0.25, 0.3) is 0 Å². The van der Waals surface area contributed by atoms with Crippen LogP contribution in [0.2, 0.25) is 0 Å². The Morgan fingerprint density at radius 3 is 2.40 bits per heavy atom. The van der Waals surface area contributed by atoms with Gasteiger partial charge in [0.1, 0.15) is 12.1 Å². The first-order valence-electron chi connectivity index (χ1n) is 15.1. The third kappa shape index (κ3) is 9.62. The number of nitrogens with two attached hydrogens (primary N) is 1. The van der Waals surface area contributed by atoms with Gasteiger partial charge in [0.15, 0.2) is 5.82 Å². The van der Waals surface area contributed by atoms with E-state index in [1.54, 1.807) is 30.9 Å². The molecule has 0 aliphatic carbocycles. The van der Waals surface area contributed by atoms with Crippen molar-refractivity contribution in [1.82, 2.24) is 19.8 Å². The SMILES string of the molecule is C/C=C\C(=C/C)COCC(NC(=O)C(C)(C)N)C(=O)Nc1cn(C(C(=O)N2CCC(C(C)C)CC2)c2ccccc2)cn1.